The maximum atomic E-state index is 12.4. The molecular formula is C16H13N5OS. The van der Waals surface area contributed by atoms with E-state index >= 15 is 0 Å². The van der Waals surface area contributed by atoms with Crippen molar-refractivity contribution < 1.29 is 4.79 Å². The summed E-state index contributed by atoms with van der Waals surface area (Å²) in [5.74, 6) is -0.197. The topological polar surface area (TPSA) is 72.7 Å². The van der Waals surface area contributed by atoms with E-state index in [1.807, 2.05) is 37.3 Å². The fraction of sp³-hybridized carbons (Fsp3) is 0.125. The van der Waals surface area contributed by atoms with Gasteiger partial charge in [0.1, 0.15) is 5.52 Å². The molecule has 2 aromatic carbocycles. The normalized spacial score (nSPS) is 11.2. The molecule has 0 radical (unpaired) electrons. The minimum Gasteiger partial charge on any atom is -0.298 e. The van der Waals surface area contributed by atoms with Crippen LogP contribution in [0.15, 0.2) is 42.5 Å². The summed E-state index contributed by atoms with van der Waals surface area (Å²) in [6.45, 7) is 2.75. The third-order valence-electron chi connectivity index (χ3n) is 3.59. The van der Waals surface area contributed by atoms with Crippen molar-refractivity contribution in [1.82, 2.24) is 20.0 Å². The van der Waals surface area contributed by atoms with Crippen molar-refractivity contribution in [3.8, 4) is 0 Å². The quantitative estimate of drug-likeness (QED) is 0.628. The number of hydrogen-bond donors (Lipinski definition) is 1. The molecule has 114 valence electrons. The van der Waals surface area contributed by atoms with Crippen molar-refractivity contribution in [2.45, 2.75) is 13.5 Å². The Labute approximate surface area is 135 Å². The van der Waals surface area contributed by atoms with Gasteiger partial charge in [0.2, 0.25) is 0 Å². The summed E-state index contributed by atoms with van der Waals surface area (Å²) < 4.78 is 2.84. The highest BCUT2D eigenvalue weighted by atomic mass is 32.1. The SMILES string of the molecule is CCn1nnc2cc(C(=O)Nc3nc4ccccc4s3)ccc21. The Bertz CT molecular complexity index is 987. The lowest BCUT2D eigenvalue weighted by Crippen LogP contribution is -2.11. The van der Waals surface area contributed by atoms with Crippen molar-refractivity contribution in [3.63, 3.8) is 0 Å². The Balaban J connectivity index is 1.63. The van der Waals surface area contributed by atoms with Crippen molar-refractivity contribution >= 4 is 43.6 Å². The highest BCUT2D eigenvalue weighted by Gasteiger charge is 2.12. The predicted molar refractivity (Wildman–Crippen MR) is 90.8 cm³/mol. The number of rotatable bonds is 3. The van der Waals surface area contributed by atoms with Crippen LogP contribution in [0.1, 0.15) is 17.3 Å². The zero-order chi connectivity index (χ0) is 15.8. The molecule has 1 N–H and O–H groups in total. The van der Waals surface area contributed by atoms with Gasteiger partial charge in [-0.05, 0) is 37.3 Å². The molecule has 6 nitrogen and oxygen atoms in total. The molecule has 2 aromatic heterocycles. The zero-order valence-electron chi connectivity index (χ0n) is 12.4. The van der Waals surface area contributed by atoms with E-state index in [9.17, 15) is 4.79 Å². The molecule has 0 spiro atoms. The minimum absolute atomic E-state index is 0.197. The Morgan fingerprint density at radius 1 is 1.22 bits per heavy atom. The third-order valence-corrected chi connectivity index (χ3v) is 4.54. The van der Waals surface area contributed by atoms with Gasteiger partial charge in [0, 0.05) is 12.1 Å². The maximum Gasteiger partial charge on any atom is 0.257 e. The number of para-hydroxylation sites is 1. The summed E-state index contributed by atoms with van der Waals surface area (Å²) in [6, 6.07) is 13.2. The summed E-state index contributed by atoms with van der Waals surface area (Å²) in [5.41, 5.74) is 3.06. The first-order valence-corrected chi connectivity index (χ1v) is 8.06. The van der Waals surface area contributed by atoms with Gasteiger partial charge in [-0.15, -0.1) is 5.10 Å². The van der Waals surface area contributed by atoms with Crippen LogP contribution in [0, 0.1) is 0 Å². The lowest BCUT2D eigenvalue weighted by atomic mass is 10.2. The molecule has 4 aromatic rings. The molecule has 4 rings (SSSR count). The number of nitrogens with one attached hydrogen (secondary N) is 1. The molecule has 0 fully saturated rings. The first kappa shape index (κ1) is 13.8. The van der Waals surface area contributed by atoms with E-state index in [0.717, 1.165) is 22.3 Å². The van der Waals surface area contributed by atoms with Gasteiger partial charge in [-0.25, -0.2) is 9.67 Å². The molecule has 2 heterocycles. The Morgan fingerprint density at radius 2 is 2.09 bits per heavy atom. The van der Waals surface area contributed by atoms with Crippen molar-refractivity contribution in [2.24, 2.45) is 0 Å². The Morgan fingerprint density at radius 3 is 2.91 bits per heavy atom. The Hall–Kier alpha value is -2.80. The van der Waals surface area contributed by atoms with E-state index in [-0.39, 0.29) is 5.91 Å². The minimum atomic E-state index is -0.197. The number of anilines is 1. The van der Waals surface area contributed by atoms with E-state index in [1.54, 1.807) is 16.8 Å². The van der Waals surface area contributed by atoms with Crippen LogP contribution in [0.25, 0.3) is 21.3 Å². The molecule has 0 aliphatic carbocycles. The fourth-order valence-corrected chi connectivity index (χ4v) is 3.30. The third kappa shape index (κ3) is 2.44. The second-order valence-corrected chi connectivity index (χ2v) is 6.08. The van der Waals surface area contributed by atoms with Crippen molar-refractivity contribution in [3.05, 3.63) is 48.0 Å². The summed E-state index contributed by atoms with van der Waals surface area (Å²) in [6.07, 6.45) is 0. The van der Waals surface area contributed by atoms with Crippen LogP contribution in [-0.2, 0) is 6.54 Å². The summed E-state index contributed by atoms with van der Waals surface area (Å²) in [7, 11) is 0. The lowest BCUT2D eigenvalue weighted by molar-refractivity contribution is 0.102. The van der Waals surface area contributed by atoms with Crippen LogP contribution in [0.5, 0.6) is 0 Å². The molecule has 1 amide bonds. The van der Waals surface area contributed by atoms with E-state index in [0.29, 0.717) is 16.2 Å². The zero-order valence-corrected chi connectivity index (χ0v) is 13.2. The largest absolute Gasteiger partial charge is 0.298 e. The summed E-state index contributed by atoms with van der Waals surface area (Å²) in [4.78, 5) is 16.8. The number of hydrogen-bond acceptors (Lipinski definition) is 5. The van der Waals surface area contributed by atoms with E-state index in [1.165, 1.54) is 11.3 Å². The first-order valence-electron chi connectivity index (χ1n) is 7.25. The standard InChI is InChI=1S/C16H13N5OS/c1-2-21-13-8-7-10(9-12(13)19-20-21)15(22)18-16-17-11-5-3-4-6-14(11)23-16/h3-9H,2H2,1H3,(H,17,18,22). The fourth-order valence-electron chi connectivity index (χ4n) is 2.44. The average molecular weight is 323 g/mol. The van der Waals surface area contributed by atoms with Crippen LogP contribution in [0.3, 0.4) is 0 Å². The van der Waals surface area contributed by atoms with Crippen LogP contribution in [0.4, 0.5) is 5.13 Å². The molecule has 0 bridgehead atoms. The highest BCUT2D eigenvalue weighted by Crippen LogP contribution is 2.26. The van der Waals surface area contributed by atoms with E-state index in [2.05, 4.69) is 20.6 Å². The number of amides is 1. The number of fused-ring (bicyclic) bond motifs is 2. The van der Waals surface area contributed by atoms with Gasteiger partial charge >= 0.3 is 0 Å². The Kier molecular flexibility index (Phi) is 3.27. The van der Waals surface area contributed by atoms with Crippen molar-refractivity contribution in [2.75, 3.05) is 5.32 Å². The van der Waals surface area contributed by atoms with Crippen molar-refractivity contribution in [1.29, 1.82) is 0 Å². The van der Waals surface area contributed by atoms with Crippen LogP contribution in [-0.4, -0.2) is 25.9 Å². The number of benzene rings is 2. The van der Waals surface area contributed by atoms with Gasteiger partial charge in [-0.1, -0.05) is 28.7 Å². The maximum absolute atomic E-state index is 12.4. The predicted octanol–water partition coefficient (Wildman–Crippen LogP) is 3.31. The van der Waals surface area contributed by atoms with Gasteiger partial charge < -0.3 is 0 Å². The first-order chi connectivity index (χ1) is 11.2. The number of nitrogens with zero attached hydrogens (tertiary/aromatic N) is 4. The molecule has 23 heavy (non-hydrogen) atoms. The van der Waals surface area contributed by atoms with Crippen LogP contribution in [0.2, 0.25) is 0 Å². The number of carbonyl (C=O) groups excluding carboxylic acids is 1. The molecule has 0 aliphatic heterocycles. The van der Waals surface area contributed by atoms with E-state index < -0.39 is 0 Å². The van der Waals surface area contributed by atoms with Gasteiger partial charge in [0.05, 0.1) is 15.7 Å². The number of carbonyl (C=O) groups is 1. The van der Waals surface area contributed by atoms with Crippen LogP contribution >= 0.6 is 11.3 Å². The second-order valence-electron chi connectivity index (χ2n) is 5.05. The monoisotopic (exact) mass is 323 g/mol. The lowest BCUT2D eigenvalue weighted by Gasteiger charge is -2.02. The number of thiazole rings is 1. The molecule has 0 unspecified atom stereocenters. The number of aryl methyl sites for hydroxylation is 1. The van der Waals surface area contributed by atoms with E-state index in [4.69, 9.17) is 0 Å². The highest BCUT2D eigenvalue weighted by molar-refractivity contribution is 7.22. The van der Waals surface area contributed by atoms with Gasteiger partial charge in [-0.3, -0.25) is 10.1 Å². The second kappa shape index (κ2) is 5.44. The molecule has 7 heteroatoms. The molecule has 0 saturated carbocycles. The molecule has 0 atom stereocenters. The summed E-state index contributed by atoms with van der Waals surface area (Å²) in [5, 5.41) is 11.6. The summed E-state index contributed by atoms with van der Waals surface area (Å²) >= 11 is 1.46. The molecule has 0 aliphatic rings. The molecular weight excluding hydrogens is 310 g/mol. The number of aromatic nitrogens is 4. The van der Waals surface area contributed by atoms with Gasteiger partial charge in [0.25, 0.3) is 5.91 Å². The van der Waals surface area contributed by atoms with Crippen LogP contribution < -0.4 is 5.32 Å². The smallest absolute Gasteiger partial charge is 0.257 e. The molecule has 0 saturated heterocycles. The average Bonchev–Trinajstić information content (AvgIpc) is 3.16. The van der Waals surface area contributed by atoms with Gasteiger partial charge in [-0.2, -0.15) is 0 Å². The van der Waals surface area contributed by atoms with Gasteiger partial charge in [0.15, 0.2) is 5.13 Å².